The van der Waals surface area contributed by atoms with E-state index in [1.54, 1.807) is 14.2 Å². The molecule has 2 N–H and O–H groups in total. The van der Waals surface area contributed by atoms with Crippen LogP contribution in [0.25, 0.3) is 0 Å². The molecule has 2 aromatic carbocycles. The predicted molar refractivity (Wildman–Crippen MR) is 123 cm³/mol. The van der Waals surface area contributed by atoms with E-state index >= 15 is 0 Å². The lowest BCUT2D eigenvalue weighted by atomic mass is 9.65. The number of fused-ring (bicyclic) bond motifs is 1. The van der Waals surface area contributed by atoms with Gasteiger partial charge in [0.25, 0.3) is 0 Å². The van der Waals surface area contributed by atoms with E-state index in [-0.39, 0.29) is 17.5 Å². The highest BCUT2D eigenvalue weighted by Gasteiger charge is 2.50. The van der Waals surface area contributed by atoms with Crippen molar-refractivity contribution in [2.75, 3.05) is 33.1 Å². The van der Waals surface area contributed by atoms with Crippen LogP contribution < -0.4 is 20.1 Å². The maximum atomic E-state index is 14.0. The first-order valence-electron chi connectivity index (χ1n) is 11.4. The molecule has 1 aliphatic carbocycles. The number of benzene rings is 2. The van der Waals surface area contributed by atoms with Gasteiger partial charge in [0.1, 0.15) is 5.82 Å². The zero-order chi connectivity index (χ0) is 25.4. The van der Waals surface area contributed by atoms with Crippen molar-refractivity contribution in [1.29, 1.82) is 0 Å². The topological polar surface area (TPSA) is 62.8 Å². The van der Waals surface area contributed by atoms with Crippen molar-refractivity contribution in [2.45, 2.75) is 49.4 Å². The van der Waals surface area contributed by atoms with Crippen LogP contribution in [0.15, 0.2) is 36.4 Å². The van der Waals surface area contributed by atoms with Gasteiger partial charge in [0.15, 0.2) is 11.5 Å². The number of methoxy groups -OCH3 is 2. The molecule has 3 unspecified atom stereocenters. The Bertz CT molecular complexity index is 1090. The number of carbonyl (C=O) groups excluding carboxylic acids is 1. The molecular weight excluding hydrogens is 466 g/mol. The lowest BCUT2D eigenvalue weighted by Gasteiger charge is -2.45. The molecule has 2 aliphatic rings. The lowest BCUT2D eigenvalue weighted by Crippen LogP contribution is -2.52. The van der Waals surface area contributed by atoms with Crippen LogP contribution in [0.3, 0.4) is 0 Å². The summed E-state index contributed by atoms with van der Waals surface area (Å²) in [6.45, 7) is 0.896. The fourth-order valence-electron chi connectivity index (χ4n) is 5.54. The summed E-state index contributed by atoms with van der Waals surface area (Å²) in [5.41, 5.74) is -0.501. The summed E-state index contributed by atoms with van der Waals surface area (Å²) in [4.78, 5) is 14.8. The molecule has 35 heavy (non-hydrogen) atoms. The molecule has 0 radical (unpaired) electrons. The number of anilines is 1. The zero-order valence-electron chi connectivity index (χ0n) is 19.8. The number of likely N-dealkylation sites (tertiary alicyclic amines) is 1. The van der Waals surface area contributed by atoms with Crippen molar-refractivity contribution < 1.29 is 31.8 Å². The molecule has 1 saturated carbocycles. The summed E-state index contributed by atoms with van der Waals surface area (Å²) >= 11 is 0. The number of hydrogen-bond acceptors (Lipinski definition) is 4. The summed E-state index contributed by atoms with van der Waals surface area (Å²) in [6, 6.07) is 7.13. The van der Waals surface area contributed by atoms with Crippen LogP contribution in [0.2, 0.25) is 0 Å². The molecule has 2 fully saturated rings. The van der Waals surface area contributed by atoms with Gasteiger partial charge >= 0.3 is 12.2 Å². The summed E-state index contributed by atoms with van der Waals surface area (Å²) in [7, 11) is 5.24. The van der Waals surface area contributed by atoms with E-state index in [1.165, 1.54) is 0 Å². The maximum absolute atomic E-state index is 14.0. The zero-order valence-corrected chi connectivity index (χ0v) is 19.8. The van der Waals surface area contributed by atoms with Crippen LogP contribution in [0, 0.1) is 5.82 Å². The van der Waals surface area contributed by atoms with Gasteiger partial charge in [0.2, 0.25) is 0 Å². The molecule has 6 nitrogen and oxygen atoms in total. The van der Waals surface area contributed by atoms with Gasteiger partial charge in [-0.2, -0.15) is 13.2 Å². The van der Waals surface area contributed by atoms with Crippen LogP contribution in [-0.2, 0) is 11.6 Å². The Morgan fingerprint density at radius 1 is 1.09 bits per heavy atom. The van der Waals surface area contributed by atoms with Gasteiger partial charge in [-0.1, -0.05) is 6.07 Å². The fourth-order valence-corrected chi connectivity index (χ4v) is 5.54. The second kappa shape index (κ2) is 9.56. The molecule has 2 amide bonds. The number of halogens is 4. The summed E-state index contributed by atoms with van der Waals surface area (Å²) in [5.74, 6) is 0.389. The smallest absolute Gasteiger partial charge is 0.416 e. The number of urea groups is 1. The summed E-state index contributed by atoms with van der Waals surface area (Å²) in [6.07, 6.45) is -1.54. The summed E-state index contributed by atoms with van der Waals surface area (Å²) in [5, 5.41) is 5.07. The number of likely N-dealkylation sites (N-methyl/N-ethyl adjacent to an activating group) is 1. The number of nitrogens with zero attached hydrogens (tertiary/aromatic N) is 1. The number of amides is 2. The number of rotatable bonds is 5. The quantitative estimate of drug-likeness (QED) is 0.562. The van der Waals surface area contributed by atoms with Crippen LogP contribution in [-0.4, -0.2) is 50.8 Å². The molecule has 4 rings (SSSR count). The highest BCUT2D eigenvalue weighted by Crippen LogP contribution is 2.49. The van der Waals surface area contributed by atoms with E-state index in [0.29, 0.717) is 42.5 Å². The van der Waals surface area contributed by atoms with Crippen LogP contribution >= 0.6 is 0 Å². The maximum Gasteiger partial charge on any atom is 0.416 e. The molecule has 1 heterocycles. The fraction of sp³-hybridized carbons (Fsp3) is 0.480. The van der Waals surface area contributed by atoms with Gasteiger partial charge < -0.3 is 25.0 Å². The second-order valence-electron chi connectivity index (χ2n) is 9.23. The first-order valence-corrected chi connectivity index (χ1v) is 11.4. The normalized spacial score (nSPS) is 24.5. The van der Waals surface area contributed by atoms with Gasteiger partial charge in [0.05, 0.1) is 25.5 Å². The van der Waals surface area contributed by atoms with E-state index in [4.69, 9.17) is 9.47 Å². The third-order valence-corrected chi connectivity index (χ3v) is 7.36. The van der Waals surface area contributed by atoms with Crippen molar-refractivity contribution in [3.05, 3.63) is 53.3 Å². The number of hydrogen-bond donors (Lipinski definition) is 2. The van der Waals surface area contributed by atoms with E-state index in [9.17, 15) is 22.4 Å². The molecule has 190 valence electrons. The Hall–Kier alpha value is -3.01. The third-order valence-electron chi connectivity index (χ3n) is 7.36. The number of nitrogens with one attached hydrogen (secondary N) is 2. The Kier molecular flexibility index (Phi) is 6.86. The molecule has 1 saturated heterocycles. The van der Waals surface area contributed by atoms with E-state index < -0.39 is 29.3 Å². The Balaban J connectivity index is 1.48. The molecule has 2 aromatic rings. The minimum Gasteiger partial charge on any atom is -0.493 e. The largest absolute Gasteiger partial charge is 0.493 e. The molecular formula is C25H29F4N3O3. The minimum atomic E-state index is -4.63. The van der Waals surface area contributed by atoms with Gasteiger partial charge in [-0.05, 0) is 75.2 Å². The van der Waals surface area contributed by atoms with Crippen LogP contribution in [0.4, 0.5) is 28.0 Å². The highest BCUT2D eigenvalue weighted by atomic mass is 19.4. The monoisotopic (exact) mass is 495 g/mol. The highest BCUT2D eigenvalue weighted by molar-refractivity contribution is 5.89. The van der Waals surface area contributed by atoms with Crippen molar-refractivity contribution in [3.8, 4) is 11.5 Å². The second-order valence-corrected chi connectivity index (χ2v) is 9.23. The minimum absolute atomic E-state index is 0.115. The van der Waals surface area contributed by atoms with Crippen LogP contribution in [0.5, 0.6) is 11.5 Å². The van der Waals surface area contributed by atoms with Crippen LogP contribution in [0.1, 0.15) is 36.8 Å². The van der Waals surface area contributed by atoms with Crippen molar-refractivity contribution in [2.24, 2.45) is 0 Å². The Morgan fingerprint density at radius 2 is 1.83 bits per heavy atom. The Morgan fingerprint density at radius 3 is 2.51 bits per heavy atom. The summed E-state index contributed by atoms with van der Waals surface area (Å²) < 4.78 is 63.8. The Labute approximate surface area is 201 Å². The molecule has 1 aliphatic heterocycles. The molecule has 0 aromatic heterocycles. The van der Waals surface area contributed by atoms with E-state index in [2.05, 4.69) is 21.6 Å². The standard InChI is InChI=1S/C25H29F4N3O3/c1-32-11-10-24(15-5-7-20(34-2)21(13-15)35-3)9-8-17(14-22(24)32)30-23(33)31-19-12-16(25(27,28)29)4-6-18(19)26/h4-7,12-13,17,22H,8-11,14H2,1-3H3,(H2,30,31,33). The van der Waals surface area contributed by atoms with Gasteiger partial charge in [0, 0.05) is 17.5 Å². The lowest BCUT2D eigenvalue weighted by molar-refractivity contribution is -0.137. The SMILES string of the molecule is COc1ccc(C23CCC(NC(=O)Nc4cc(C(F)(F)F)ccc4F)CC2N(C)CC3)cc1OC. The van der Waals surface area contributed by atoms with Crippen molar-refractivity contribution in [1.82, 2.24) is 10.2 Å². The molecule has 3 atom stereocenters. The third kappa shape index (κ3) is 4.89. The first-order chi connectivity index (χ1) is 16.6. The molecule has 0 bridgehead atoms. The van der Waals surface area contributed by atoms with E-state index in [0.717, 1.165) is 24.9 Å². The molecule has 10 heteroatoms. The van der Waals surface area contributed by atoms with Gasteiger partial charge in [-0.3, -0.25) is 0 Å². The average Bonchev–Trinajstić information content (AvgIpc) is 3.16. The van der Waals surface area contributed by atoms with Crippen molar-refractivity contribution in [3.63, 3.8) is 0 Å². The van der Waals surface area contributed by atoms with Gasteiger partial charge in [-0.15, -0.1) is 0 Å². The number of ether oxygens (including phenoxy) is 2. The average molecular weight is 496 g/mol. The van der Waals surface area contributed by atoms with Crippen molar-refractivity contribution >= 4 is 11.7 Å². The molecule has 0 spiro atoms. The first kappa shape index (κ1) is 25.1. The number of alkyl halides is 3. The van der Waals surface area contributed by atoms with E-state index in [1.807, 2.05) is 19.2 Å². The predicted octanol–water partition coefficient (Wildman–Crippen LogP) is 5.18. The van der Waals surface area contributed by atoms with Gasteiger partial charge in [-0.25, -0.2) is 9.18 Å². The number of carbonyl (C=O) groups is 1.